The zero-order chi connectivity index (χ0) is 17.0. The van der Waals surface area contributed by atoms with Gasteiger partial charge < -0.3 is 5.32 Å². The molecule has 0 aromatic carbocycles. The van der Waals surface area contributed by atoms with Crippen LogP contribution in [0.3, 0.4) is 0 Å². The van der Waals surface area contributed by atoms with Gasteiger partial charge in [0.05, 0.1) is 5.69 Å². The monoisotopic (exact) mass is 336 g/mol. The Bertz CT molecular complexity index is 1000. The molecule has 6 nitrogen and oxygen atoms in total. The second-order valence-corrected chi connectivity index (χ2v) is 6.75. The highest BCUT2D eigenvalue weighted by Gasteiger charge is 2.28. The summed E-state index contributed by atoms with van der Waals surface area (Å²) in [6.07, 6.45) is 10.3. The normalized spacial score (nSPS) is 17.4. The van der Waals surface area contributed by atoms with Gasteiger partial charge in [-0.15, -0.1) is 0 Å². The van der Waals surface area contributed by atoms with Crippen LogP contribution < -0.4 is 5.32 Å². The number of allylic oxidation sites excluding steroid dienone is 1. The minimum atomic E-state index is -0.387. The number of nitrogens with zero attached hydrogens (tertiary/aromatic N) is 5. The molecule has 1 fully saturated rings. The number of anilines is 1. The van der Waals surface area contributed by atoms with E-state index >= 15 is 0 Å². The van der Waals surface area contributed by atoms with Crippen molar-refractivity contribution in [3.63, 3.8) is 0 Å². The largest absolute Gasteiger partial charge is 0.351 e. The van der Waals surface area contributed by atoms with Gasteiger partial charge in [-0.1, -0.05) is 6.08 Å². The summed E-state index contributed by atoms with van der Waals surface area (Å²) in [5, 5.41) is 7.42. The fourth-order valence-electron chi connectivity index (χ4n) is 3.40. The first-order valence-corrected chi connectivity index (χ1v) is 8.51. The van der Waals surface area contributed by atoms with Gasteiger partial charge in [0.15, 0.2) is 11.5 Å². The Kier molecular flexibility index (Phi) is 3.10. The summed E-state index contributed by atoms with van der Waals surface area (Å²) in [6.45, 7) is 2.17. The van der Waals surface area contributed by atoms with E-state index in [1.54, 1.807) is 6.20 Å². The molecule has 25 heavy (non-hydrogen) atoms. The minimum Gasteiger partial charge on any atom is -0.351 e. The van der Waals surface area contributed by atoms with E-state index in [9.17, 15) is 4.39 Å². The van der Waals surface area contributed by atoms with Gasteiger partial charge in [-0.2, -0.15) is 5.10 Å². The lowest BCUT2D eigenvalue weighted by molar-refractivity contribution is 0.627. The lowest BCUT2D eigenvalue weighted by atomic mass is 10.0. The summed E-state index contributed by atoms with van der Waals surface area (Å²) in [5.74, 6) is 1.02. The van der Waals surface area contributed by atoms with E-state index in [1.807, 2.05) is 6.20 Å². The quantitative estimate of drug-likeness (QED) is 0.793. The van der Waals surface area contributed by atoms with Gasteiger partial charge in [0.25, 0.3) is 0 Å². The van der Waals surface area contributed by atoms with Crippen LogP contribution in [0.2, 0.25) is 0 Å². The van der Waals surface area contributed by atoms with Gasteiger partial charge in [-0.3, -0.25) is 0 Å². The highest BCUT2D eigenvalue weighted by molar-refractivity contribution is 5.83. The third-order valence-corrected chi connectivity index (χ3v) is 4.98. The van der Waals surface area contributed by atoms with Gasteiger partial charge in [-0.25, -0.2) is 23.9 Å². The first-order valence-electron chi connectivity index (χ1n) is 8.51. The molecular weight excluding hydrogens is 319 g/mol. The number of halogens is 1. The Morgan fingerprint density at radius 2 is 2.20 bits per heavy atom. The fraction of sp³-hybridized carbons (Fsp3) is 0.333. The minimum absolute atomic E-state index is 0.229. The van der Waals surface area contributed by atoms with Crippen LogP contribution in [0.15, 0.2) is 30.9 Å². The van der Waals surface area contributed by atoms with E-state index < -0.39 is 0 Å². The number of hydrogen-bond donors (Lipinski definition) is 1. The first-order chi connectivity index (χ1) is 12.2. The summed E-state index contributed by atoms with van der Waals surface area (Å²) in [4.78, 5) is 13.0. The molecule has 126 valence electrons. The van der Waals surface area contributed by atoms with Gasteiger partial charge >= 0.3 is 0 Å². The van der Waals surface area contributed by atoms with Crippen molar-refractivity contribution in [1.29, 1.82) is 0 Å². The van der Waals surface area contributed by atoms with Crippen molar-refractivity contribution in [2.45, 2.75) is 32.2 Å². The summed E-state index contributed by atoms with van der Waals surface area (Å²) < 4.78 is 15.7. The van der Waals surface area contributed by atoms with Crippen molar-refractivity contribution in [1.82, 2.24) is 24.6 Å². The van der Waals surface area contributed by atoms with Crippen molar-refractivity contribution in [3.05, 3.63) is 53.5 Å². The van der Waals surface area contributed by atoms with Crippen LogP contribution in [0.25, 0.3) is 11.2 Å². The Morgan fingerprint density at radius 3 is 3.04 bits per heavy atom. The lowest BCUT2D eigenvalue weighted by Gasteiger charge is -2.13. The molecule has 0 spiro atoms. The smallest absolute Gasteiger partial charge is 0.223 e. The van der Waals surface area contributed by atoms with Crippen LogP contribution >= 0.6 is 0 Å². The first kappa shape index (κ1) is 14.5. The summed E-state index contributed by atoms with van der Waals surface area (Å²) in [6, 6.07) is 1.89. The van der Waals surface area contributed by atoms with Crippen molar-refractivity contribution in [2.75, 3.05) is 5.32 Å². The lowest BCUT2D eigenvalue weighted by Crippen LogP contribution is -2.19. The Morgan fingerprint density at radius 1 is 1.32 bits per heavy atom. The molecule has 0 unspecified atom stereocenters. The third-order valence-electron chi connectivity index (χ3n) is 4.98. The third kappa shape index (κ3) is 2.47. The summed E-state index contributed by atoms with van der Waals surface area (Å²) >= 11 is 0. The molecule has 1 saturated carbocycles. The van der Waals surface area contributed by atoms with Crippen LogP contribution in [0.1, 0.15) is 36.6 Å². The van der Waals surface area contributed by atoms with Crippen LogP contribution in [-0.4, -0.2) is 30.6 Å². The summed E-state index contributed by atoms with van der Waals surface area (Å²) in [7, 11) is 0. The second kappa shape index (κ2) is 5.34. The van der Waals surface area contributed by atoms with E-state index in [1.165, 1.54) is 29.8 Å². The van der Waals surface area contributed by atoms with Crippen molar-refractivity contribution < 1.29 is 4.39 Å². The molecular formula is C18H17FN6. The molecule has 0 saturated heterocycles. The van der Waals surface area contributed by atoms with Crippen LogP contribution in [0.4, 0.5) is 10.3 Å². The van der Waals surface area contributed by atoms with Gasteiger partial charge in [-0.05, 0) is 37.3 Å². The molecule has 0 aliphatic heterocycles. The van der Waals surface area contributed by atoms with Gasteiger partial charge in [0.1, 0.15) is 6.33 Å². The number of hydrogen-bond acceptors (Lipinski definition) is 5. The van der Waals surface area contributed by atoms with E-state index in [-0.39, 0.29) is 11.5 Å². The number of nitrogens with one attached hydrogen (secondary N) is 1. The molecule has 3 aromatic heterocycles. The molecule has 2 aliphatic carbocycles. The summed E-state index contributed by atoms with van der Waals surface area (Å²) in [5.41, 5.74) is 3.84. The van der Waals surface area contributed by atoms with Gasteiger partial charge in [0.2, 0.25) is 5.95 Å². The van der Waals surface area contributed by atoms with Crippen LogP contribution in [0.5, 0.6) is 0 Å². The zero-order valence-electron chi connectivity index (χ0n) is 13.8. The highest BCUT2D eigenvalue weighted by Crippen LogP contribution is 2.35. The Balaban J connectivity index is 1.47. The highest BCUT2D eigenvalue weighted by atomic mass is 19.1. The standard InChI is InChI=1S/C18H17FN6/c1-10(11-2-3-11)23-18-20-7-14-13(4-5-16(14)24-18)12-6-15(19)17-21-9-22-25(17)8-12/h4,6-11H,2-3,5H2,1H3,(H,20,23,24)/t10-/m1/s1. The average molecular weight is 336 g/mol. The maximum atomic E-state index is 14.2. The SMILES string of the molecule is C[C@@H](Nc1ncc2c(n1)CC=C2c1cc(F)c2ncnn2c1)C1CC1. The molecule has 5 rings (SSSR count). The van der Waals surface area contributed by atoms with Crippen molar-refractivity contribution >= 4 is 17.2 Å². The number of pyridine rings is 1. The molecule has 7 heteroatoms. The molecule has 3 heterocycles. The number of fused-ring (bicyclic) bond motifs is 2. The van der Waals surface area contributed by atoms with Crippen LogP contribution in [-0.2, 0) is 6.42 Å². The van der Waals surface area contributed by atoms with E-state index in [4.69, 9.17) is 0 Å². The molecule has 2 aliphatic rings. The Labute approximate surface area is 143 Å². The average Bonchev–Trinajstić information content (AvgIpc) is 3.20. The van der Waals surface area contributed by atoms with E-state index in [2.05, 4.69) is 38.4 Å². The van der Waals surface area contributed by atoms with Crippen molar-refractivity contribution in [2.24, 2.45) is 5.92 Å². The van der Waals surface area contributed by atoms with E-state index in [0.29, 0.717) is 12.0 Å². The fourth-order valence-corrected chi connectivity index (χ4v) is 3.40. The predicted octanol–water partition coefficient (Wildman–Crippen LogP) is 2.86. The molecule has 3 aromatic rings. The maximum absolute atomic E-state index is 14.2. The second-order valence-electron chi connectivity index (χ2n) is 6.75. The number of aromatic nitrogens is 5. The van der Waals surface area contributed by atoms with Crippen molar-refractivity contribution in [3.8, 4) is 0 Å². The Hall–Kier alpha value is -2.83. The molecule has 1 N–H and O–H groups in total. The molecule has 1 atom stereocenters. The van der Waals surface area contributed by atoms with E-state index in [0.717, 1.165) is 34.7 Å². The zero-order valence-corrected chi connectivity index (χ0v) is 13.8. The van der Waals surface area contributed by atoms with Crippen LogP contribution in [0, 0.1) is 11.7 Å². The van der Waals surface area contributed by atoms with Gasteiger partial charge in [0, 0.05) is 36.0 Å². The maximum Gasteiger partial charge on any atom is 0.223 e. The molecule has 0 bridgehead atoms. The number of rotatable bonds is 4. The molecule has 0 amide bonds. The predicted molar refractivity (Wildman–Crippen MR) is 91.6 cm³/mol. The topological polar surface area (TPSA) is 68.0 Å². The molecule has 0 radical (unpaired) electrons.